The lowest BCUT2D eigenvalue weighted by molar-refractivity contribution is -0.193. The molecule has 7 heteroatoms. The van der Waals surface area contributed by atoms with Crippen LogP contribution in [0.3, 0.4) is 0 Å². The van der Waals surface area contributed by atoms with Gasteiger partial charge in [0.1, 0.15) is 6.61 Å². The highest BCUT2D eigenvalue weighted by Gasteiger charge is 2.32. The summed E-state index contributed by atoms with van der Waals surface area (Å²) in [7, 11) is 1.52. The van der Waals surface area contributed by atoms with Gasteiger partial charge in [0.05, 0.1) is 7.11 Å². The first kappa shape index (κ1) is 19.2. The zero-order chi connectivity index (χ0) is 19.9. The van der Waals surface area contributed by atoms with Crippen LogP contribution >= 0.6 is 0 Å². The third-order valence-electron chi connectivity index (χ3n) is 4.02. The quantitative estimate of drug-likeness (QED) is 0.542. The van der Waals surface area contributed by atoms with E-state index in [1.54, 1.807) is 18.2 Å². The van der Waals surface area contributed by atoms with Crippen molar-refractivity contribution in [2.45, 2.75) is 19.4 Å². The predicted molar refractivity (Wildman–Crippen MR) is 100.0 cm³/mol. The molecular weight excluding hydrogens is 362 g/mol. The maximum atomic E-state index is 11.8. The van der Waals surface area contributed by atoms with E-state index in [2.05, 4.69) is 0 Å². The first-order valence-electron chi connectivity index (χ1n) is 8.67. The fraction of sp³-hybridized carbons (Fsp3) is 0.190. The second-order valence-electron chi connectivity index (χ2n) is 6.01. The van der Waals surface area contributed by atoms with Crippen LogP contribution in [0.25, 0.3) is 6.08 Å². The molecule has 1 aliphatic heterocycles. The Kier molecular flexibility index (Phi) is 6.06. The van der Waals surface area contributed by atoms with Gasteiger partial charge < -0.3 is 14.3 Å². The summed E-state index contributed by atoms with van der Waals surface area (Å²) in [5.74, 6) is -0.774. The number of rotatable bonds is 7. The molecule has 3 rings (SSSR count). The summed E-state index contributed by atoms with van der Waals surface area (Å²) in [6.45, 7) is 0.399. The number of methoxy groups -OCH3 is 1. The van der Waals surface area contributed by atoms with Gasteiger partial charge >= 0.3 is 5.97 Å². The van der Waals surface area contributed by atoms with E-state index in [-0.39, 0.29) is 12.8 Å². The van der Waals surface area contributed by atoms with Crippen molar-refractivity contribution in [1.82, 2.24) is 5.06 Å². The SMILES string of the molecule is COc1cc(/C=C/C(=O)ON2C(=O)CCC2=O)ccc1OCc1ccccc1. The molecule has 28 heavy (non-hydrogen) atoms. The van der Waals surface area contributed by atoms with E-state index in [4.69, 9.17) is 14.3 Å². The van der Waals surface area contributed by atoms with Crippen molar-refractivity contribution >= 4 is 23.9 Å². The highest BCUT2D eigenvalue weighted by Crippen LogP contribution is 2.29. The maximum absolute atomic E-state index is 11.8. The normalized spacial score (nSPS) is 13.8. The molecule has 0 aliphatic carbocycles. The van der Waals surface area contributed by atoms with Crippen LogP contribution in [0.1, 0.15) is 24.0 Å². The molecule has 1 heterocycles. The van der Waals surface area contributed by atoms with Crippen molar-refractivity contribution in [3.63, 3.8) is 0 Å². The highest BCUT2D eigenvalue weighted by atomic mass is 16.7. The van der Waals surface area contributed by atoms with Gasteiger partial charge in [-0.25, -0.2) is 4.79 Å². The molecule has 2 aromatic carbocycles. The van der Waals surface area contributed by atoms with E-state index in [0.29, 0.717) is 28.7 Å². The Morgan fingerprint density at radius 2 is 1.75 bits per heavy atom. The number of carbonyl (C=O) groups excluding carboxylic acids is 3. The van der Waals surface area contributed by atoms with Gasteiger partial charge in [0.2, 0.25) is 0 Å². The number of hydroxylamine groups is 2. The standard InChI is InChI=1S/C21H19NO6/c1-26-18-13-15(7-9-17(18)27-14-16-5-3-2-4-6-16)8-12-21(25)28-22-19(23)10-11-20(22)24/h2-9,12-13H,10-11,14H2,1H3/b12-8+. The molecule has 1 aliphatic rings. The van der Waals surface area contributed by atoms with E-state index < -0.39 is 17.8 Å². The average Bonchev–Trinajstić information content (AvgIpc) is 3.03. The number of nitrogens with zero attached hydrogens (tertiary/aromatic N) is 1. The van der Waals surface area contributed by atoms with Crippen molar-refractivity contribution in [3.8, 4) is 11.5 Å². The summed E-state index contributed by atoms with van der Waals surface area (Å²) < 4.78 is 11.1. The Bertz CT molecular complexity index is 890. The monoisotopic (exact) mass is 381 g/mol. The average molecular weight is 381 g/mol. The minimum absolute atomic E-state index is 0.0530. The zero-order valence-electron chi connectivity index (χ0n) is 15.3. The molecule has 0 spiro atoms. The third kappa shape index (κ3) is 4.76. The number of carbonyl (C=O) groups is 3. The van der Waals surface area contributed by atoms with Gasteiger partial charge in [0.25, 0.3) is 11.8 Å². The highest BCUT2D eigenvalue weighted by molar-refractivity contribution is 6.02. The van der Waals surface area contributed by atoms with E-state index in [1.807, 2.05) is 30.3 Å². The van der Waals surface area contributed by atoms with Gasteiger partial charge in [0.15, 0.2) is 11.5 Å². The van der Waals surface area contributed by atoms with Crippen LogP contribution in [0.5, 0.6) is 11.5 Å². The Morgan fingerprint density at radius 3 is 2.43 bits per heavy atom. The largest absolute Gasteiger partial charge is 0.493 e. The molecule has 144 valence electrons. The summed E-state index contributed by atoms with van der Waals surface area (Å²) in [6, 6.07) is 14.9. The van der Waals surface area contributed by atoms with Crippen LogP contribution in [0.4, 0.5) is 0 Å². The first-order chi connectivity index (χ1) is 13.6. The predicted octanol–water partition coefficient (Wildman–Crippen LogP) is 2.89. The van der Waals surface area contributed by atoms with Crippen molar-refractivity contribution in [1.29, 1.82) is 0 Å². The lowest BCUT2D eigenvalue weighted by Crippen LogP contribution is -2.31. The second kappa shape index (κ2) is 8.85. The summed E-state index contributed by atoms with van der Waals surface area (Å²) >= 11 is 0. The Hall–Kier alpha value is -3.61. The molecule has 0 N–H and O–H groups in total. The number of ether oxygens (including phenoxy) is 2. The van der Waals surface area contributed by atoms with Crippen molar-refractivity contribution in [3.05, 3.63) is 65.7 Å². The Balaban J connectivity index is 1.62. The number of hydrogen-bond acceptors (Lipinski definition) is 6. The van der Waals surface area contributed by atoms with Gasteiger partial charge in [-0.15, -0.1) is 5.06 Å². The minimum atomic E-state index is -0.813. The van der Waals surface area contributed by atoms with Crippen LogP contribution in [-0.4, -0.2) is 30.0 Å². The van der Waals surface area contributed by atoms with Crippen molar-refractivity contribution in [2.75, 3.05) is 7.11 Å². The van der Waals surface area contributed by atoms with Gasteiger partial charge in [-0.2, -0.15) is 0 Å². The summed E-state index contributed by atoms with van der Waals surface area (Å²) in [6.07, 6.45) is 2.74. The molecule has 1 saturated heterocycles. The van der Waals surface area contributed by atoms with E-state index in [0.717, 1.165) is 11.6 Å². The maximum Gasteiger partial charge on any atom is 0.356 e. The fourth-order valence-electron chi connectivity index (χ4n) is 2.58. The number of hydrogen-bond donors (Lipinski definition) is 0. The van der Waals surface area contributed by atoms with E-state index in [9.17, 15) is 14.4 Å². The van der Waals surface area contributed by atoms with Gasteiger partial charge in [0, 0.05) is 18.9 Å². The van der Waals surface area contributed by atoms with E-state index >= 15 is 0 Å². The van der Waals surface area contributed by atoms with Crippen LogP contribution in [0.2, 0.25) is 0 Å². The molecule has 0 unspecified atom stereocenters. The van der Waals surface area contributed by atoms with Crippen molar-refractivity contribution < 1.29 is 28.7 Å². The topological polar surface area (TPSA) is 82.1 Å². The van der Waals surface area contributed by atoms with Crippen LogP contribution in [-0.2, 0) is 25.8 Å². The molecule has 2 amide bonds. The Labute approximate surface area is 162 Å². The molecule has 0 saturated carbocycles. The molecule has 1 fully saturated rings. The fourth-order valence-corrected chi connectivity index (χ4v) is 2.58. The molecule has 7 nitrogen and oxygen atoms in total. The smallest absolute Gasteiger partial charge is 0.356 e. The molecule has 2 aromatic rings. The van der Waals surface area contributed by atoms with Gasteiger partial charge in [-0.1, -0.05) is 36.4 Å². The molecule has 0 radical (unpaired) electrons. The number of benzene rings is 2. The molecule has 0 bridgehead atoms. The minimum Gasteiger partial charge on any atom is -0.493 e. The van der Waals surface area contributed by atoms with Crippen LogP contribution in [0.15, 0.2) is 54.6 Å². The second-order valence-corrected chi connectivity index (χ2v) is 6.01. The summed E-state index contributed by atoms with van der Waals surface area (Å²) in [4.78, 5) is 39.5. The van der Waals surface area contributed by atoms with Crippen LogP contribution in [0, 0.1) is 0 Å². The summed E-state index contributed by atoms with van der Waals surface area (Å²) in [5, 5.41) is 0.508. The molecule has 0 aromatic heterocycles. The van der Waals surface area contributed by atoms with Crippen LogP contribution < -0.4 is 9.47 Å². The Morgan fingerprint density at radius 1 is 1.04 bits per heavy atom. The van der Waals surface area contributed by atoms with Gasteiger partial charge in [-0.3, -0.25) is 9.59 Å². The van der Waals surface area contributed by atoms with E-state index in [1.165, 1.54) is 13.2 Å². The third-order valence-corrected chi connectivity index (χ3v) is 4.02. The van der Waals surface area contributed by atoms with Crippen molar-refractivity contribution in [2.24, 2.45) is 0 Å². The zero-order valence-corrected chi connectivity index (χ0v) is 15.3. The lowest BCUT2D eigenvalue weighted by Gasteiger charge is -2.12. The lowest BCUT2D eigenvalue weighted by atomic mass is 10.2. The summed E-state index contributed by atoms with van der Waals surface area (Å²) in [5.41, 5.74) is 1.70. The van der Waals surface area contributed by atoms with Gasteiger partial charge in [-0.05, 0) is 29.3 Å². The number of imide groups is 1. The number of amides is 2. The molecular formula is C21H19NO6. The first-order valence-corrected chi connectivity index (χ1v) is 8.67. The molecule has 0 atom stereocenters.